The molecule has 0 aromatic heterocycles. The first kappa shape index (κ1) is 21.1. The maximum atomic E-state index is 13.8. The molecule has 2 aliphatic rings. The fourth-order valence-electron chi connectivity index (χ4n) is 3.29. The van der Waals surface area contributed by atoms with E-state index >= 15 is 0 Å². The van der Waals surface area contributed by atoms with E-state index in [0.29, 0.717) is 30.7 Å². The Morgan fingerprint density at radius 1 is 1.10 bits per heavy atom. The highest BCUT2D eigenvalue weighted by Gasteiger charge is 2.36. The van der Waals surface area contributed by atoms with Crippen molar-refractivity contribution in [3.05, 3.63) is 64.8 Å². The van der Waals surface area contributed by atoms with Gasteiger partial charge in [-0.3, -0.25) is 19.3 Å². The number of nitrogens with one attached hydrogen (secondary N) is 1. The molecule has 3 amide bonds. The van der Waals surface area contributed by atoms with E-state index in [2.05, 4.69) is 10.2 Å². The molecule has 0 radical (unpaired) electrons. The van der Waals surface area contributed by atoms with Crippen molar-refractivity contribution >= 4 is 46.3 Å². The molecule has 0 spiro atoms. The molecule has 31 heavy (non-hydrogen) atoms. The van der Waals surface area contributed by atoms with Crippen LogP contribution in [0.3, 0.4) is 0 Å². The number of hydrogen-bond acceptors (Lipinski definition) is 6. The molecule has 0 bridgehead atoms. The number of benzene rings is 2. The highest BCUT2D eigenvalue weighted by molar-refractivity contribution is 8.18. The zero-order chi connectivity index (χ0) is 21.8. The van der Waals surface area contributed by atoms with Gasteiger partial charge in [-0.05, 0) is 48.2 Å². The summed E-state index contributed by atoms with van der Waals surface area (Å²) in [6.07, 6.45) is 1.32. The van der Waals surface area contributed by atoms with Gasteiger partial charge in [0.15, 0.2) is 0 Å². The summed E-state index contributed by atoms with van der Waals surface area (Å²) < 4.78 is 19.2. The Morgan fingerprint density at radius 3 is 2.52 bits per heavy atom. The Balaban J connectivity index is 1.37. The fourth-order valence-corrected chi connectivity index (χ4v) is 4.12. The molecular weight excluding hydrogens is 421 g/mol. The van der Waals surface area contributed by atoms with Crippen LogP contribution in [-0.4, -0.2) is 54.8 Å². The first-order chi connectivity index (χ1) is 15.0. The van der Waals surface area contributed by atoms with Gasteiger partial charge in [0.1, 0.15) is 12.4 Å². The molecule has 1 N–H and O–H groups in total. The number of rotatable bonds is 5. The van der Waals surface area contributed by atoms with Crippen molar-refractivity contribution in [2.24, 2.45) is 0 Å². The summed E-state index contributed by atoms with van der Waals surface area (Å²) in [5, 5.41) is 2.13. The zero-order valence-corrected chi connectivity index (χ0v) is 17.4. The van der Waals surface area contributed by atoms with Gasteiger partial charge >= 0.3 is 0 Å². The predicted molar refractivity (Wildman–Crippen MR) is 117 cm³/mol. The monoisotopic (exact) mass is 441 g/mol. The van der Waals surface area contributed by atoms with Gasteiger partial charge in [0.25, 0.3) is 11.1 Å². The van der Waals surface area contributed by atoms with Crippen LogP contribution >= 0.6 is 11.8 Å². The fraction of sp³-hybridized carbons (Fsp3) is 0.227. The third-order valence-corrected chi connectivity index (χ3v) is 5.80. The van der Waals surface area contributed by atoms with E-state index in [-0.39, 0.29) is 10.5 Å². The van der Waals surface area contributed by atoms with Crippen LogP contribution in [0.4, 0.5) is 20.6 Å². The zero-order valence-electron chi connectivity index (χ0n) is 16.5. The minimum Gasteiger partial charge on any atom is -0.378 e. The molecule has 9 heteroatoms. The van der Waals surface area contributed by atoms with E-state index in [1.54, 1.807) is 18.2 Å². The summed E-state index contributed by atoms with van der Waals surface area (Å²) in [4.78, 5) is 40.3. The third kappa shape index (κ3) is 4.95. The van der Waals surface area contributed by atoms with Gasteiger partial charge in [-0.2, -0.15) is 0 Å². The molecule has 2 aliphatic heterocycles. The van der Waals surface area contributed by atoms with Crippen LogP contribution in [0.15, 0.2) is 53.4 Å². The summed E-state index contributed by atoms with van der Waals surface area (Å²) in [6.45, 7) is 2.57. The number of carbonyl (C=O) groups is 3. The van der Waals surface area contributed by atoms with Crippen molar-refractivity contribution in [1.82, 2.24) is 4.90 Å². The van der Waals surface area contributed by atoms with E-state index in [1.165, 1.54) is 24.3 Å². The number of nitrogens with zero attached hydrogens (tertiary/aromatic N) is 2. The van der Waals surface area contributed by atoms with Crippen molar-refractivity contribution in [1.29, 1.82) is 0 Å². The average Bonchev–Trinajstić information content (AvgIpc) is 3.04. The van der Waals surface area contributed by atoms with Crippen LogP contribution in [-0.2, 0) is 14.3 Å². The number of anilines is 2. The normalized spacial score (nSPS) is 18.0. The van der Waals surface area contributed by atoms with Crippen LogP contribution < -0.4 is 10.2 Å². The average molecular weight is 441 g/mol. The Labute approximate surface area is 182 Å². The van der Waals surface area contributed by atoms with Crippen LogP contribution in [0.25, 0.3) is 6.08 Å². The lowest BCUT2D eigenvalue weighted by Crippen LogP contribution is -2.36. The molecule has 0 saturated carbocycles. The lowest BCUT2D eigenvalue weighted by molar-refractivity contribution is -0.127. The number of amides is 3. The summed E-state index contributed by atoms with van der Waals surface area (Å²) >= 11 is 0.688. The molecule has 4 rings (SSSR count). The van der Waals surface area contributed by atoms with Crippen LogP contribution in [0, 0.1) is 5.82 Å². The van der Waals surface area contributed by atoms with Gasteiger partial charge in [0.05, 0.1) is 18.1 Å². The lowest BCUT2D eigenvalue weighted by atomic mass is 10.2. The first-order valence-corrected chi connectivity index (χ1v) is 10.6. The van der Waals surface area contributed by atoms with Crippen LogP contribution in [0.5, 0.6) is 0 Å². The second-order valence-corrected chi connectivity index (χ2v) is 7.98. The summed E-state index contributed by atoms with van der Waals surface area (Å²) in [5.41, 5.74) is 1.80. The summed E-state index contributed by atoms with van der Waals surface area (Å²) in [7, 11) is 0. The van der Waals surface area contributed by atoms with E-state index in [1.807, 2.05) is 12.1 Å². The molecule has 2 heterocycles. The van der Waals surface area contributed by atoms with Crippen molar-refractivity contribution in [2.45, 2.75) is 0 Å². The number of carbonyl (C=O) groups excluding carboxylic acids is 3. The summed E-state index contributed by atoms with van der Waals surface area (Å²) in [6, 6.07) is 13.3. The smallest absolute Gasteiger partial charge is 0.294 e. The Hall–Kier alpha value is -3.17. The third-order valence-electron chi connectivity index (χ3n) is 4.89. The van der Waals surface area contributed by atoms with Gasteiger partial charge in [-0.25, -0.2) is 4.39 Å². The number of ether oxygens (including phenoxy) is 1. The number of hydrogen-bond donors (Lipinski definition) is 1. The van der Waals surface area contributed by atoms with Crippen LogP contribution in [0.2, 0.25) is 0 Å². The molecule has 2 aromatic rings. The minimum atomic E-state index is -0.615. The molecule has 0 aliphatic carbocycles. The number of thioether (sulfide) groups is 1. The largest absolute Gasteiger partial charge is 0.378 e. The number of imide groups is 1. The standard InChI is InChI=1S/C22H20FN3O4S/c23-18-4-2-1-3-15(18)13-19-21(28)26(22(29)31-19)14-20(27)24-16-5-7-17(8-6-16)25-9-11-30-12-10-25/h1-8,13H,9-12,14H2,(H,24,27)/b19-13+. The second-order valence-electron chi connectivity index (χ2n) is 6.98. The maximum Gasteiger partial charge on any atom is 0.294 e. The van der Waals surface area contributed by atoms with Crippen molar-refractivity contribution < 1.29 is 23.5 Å². The van der Waals surface area contributed by atoms with E-state index in [4.69, 9.17) is 4.74 Å². The molecular formula is C22H20FN3O4S. The minimum absolute atomic E-state index is 0.0813. The van der Waals surface area contributed by atoms with E-state index < -0.39 is 29.4 Å². The van der Waals surface area contributed by atoms with Gasteiger partial charge < -0.3 is 15.0 Å². The molecule has 7 nitrogen and oxygen atoms in total. The Bertz CT molecular complexity index is 1040. The predicted octanol–water partition coefficient (Wildman–Crippen LogP) is 3.34. The van der Waals surface area contributed by atoms with Gasteiger partial charge in [-0.15, -0.1) is 0 Å². The summed E-state index contributed by atoms with van der Waals surface area (Å²) in [5.74, 6) is -1.60. The van der Waals surface area contributed by atoms with Crippen molar-refractivity contribution in [3.63, 3.8) is 0 Å². The Morgan fingerprint density at radius 2 is 1.81 bits per heavy atom. The molecule has 160 valence electrons. The Kier molecular flexibility index (Phi) is 6.34. The number of halogens is 1. The first-order valence-electron chi connectivity index (χ1n) is 9.74. The van der Waals surface area contributed by atoms with E-state index in [9.17, 15) is 18.8 Å². The highest BCUT2D eigenvalue weighted by Crippen LogP contribution is 2.32. The SMILES string of the molecule is O=C(CN1C(=O)S/C(=C/c2ccccc2F)C1=O)Nc1ccc(N2CCOCC2)cc1. The van der Waals surface area contributed by atoms with Crippen molar-refractivity contribution in [2.75, 3.05) is 43.1 Å². The quantitative estimate of drug-likeness (QED) is 0.717. The molecule has 2 fully saturated rings. The van der Waals surface area contributed by atoms with Gasteiger partial charge in [0, 0.05) is 30.0 Å². The van der Waals surface area contributed by atoms with Gasteiger partial charge in [-0.1, -0.05) is 18.2 Å². The second kappa shape index (κ2) is 9.32. The highest BCUT2D eigenvalue weighted by atomic mass is 32.2. The van der Waals surface area contributed by atoms with Crippen LogP contribution in [0.1, 0.15) is 5.56 Å². The molecule has 0 atom stereocenters. The maximum absolute atomic E-state index is 13.8. The van der Waals surface area contributed by atoms with Crippen molar-refractivity contribution in [3.8, 4) is 0 Å². The number of morpholine rings is 1. The van der Waals surface area contributed by atoms with Gasteiger partial charge in [0.2, 0.25) is 5.91 Å². The molecule has 2 aromatic carbocycles. The van der Waals surface area contributed by atoms with E-state index in [0.717, 1.165) is 23.7 Å². The molecule has 0 unspecified atom stereocenters. The molecule has 2 saturated heterocycles. The lowest BCUT2D eigenvalue weighted by Gasteiger charge is -2.28. The topological polar surface area (TPSA) is 79.0 Å².